The van der Waals surface area contributed by atoms with E-state index in [1.54, 1.807) is 29.3 Å². The zero-order valence-corrected chi connectivity index (χ0v) is 16.0. The molecule has 154 valence electrons. The Hall–Kier alpha value is -4.40. The second-order valence-electron chi connectivity index (χ2n) is 7.09. The molecule has 0 saturated carbocycles. The minimum Gasteiger partial charge on any atom is -0.494 e. The van der Waals surface area contributed by atoms with Gasteiger partial charge in [0.2, 0.25) is 5.88 Å². The number of anilines is 1. The number of nitrogens with one attached hydrogen (secondary N) is 2. The number of rotatable bonds is 3. The second-order valence-corrected chi connectivity index (χ2v) is 7.09. The van der Waals surface area contributed by atoms with Crippen LogP contribution < -0.4 is 21.7 Å². The molecule has 0 fully saturated rings. The maximum absolute atomic E-state index is 13.2. The van der Waals surface area contributed by atoms with E-state index in [0.29, 0.717) is 22.2 Å². The van der Waals surface area contributed by atoms with Gasteiger partial charge in [-0.1, -0.05) is 30.3 Å². The van der Waals surface area contributed by atoms with Gasteiger partial charge in [0, 0.05) is 6.42 Å². The molecule has 1 aliphatic rings. The Morgan fingerprint density at radius 1 is 1.00 bits per heavy atom. The van der Waals surface area contributed by atoms with E-state index in [9.17, 15) is 19.5 Å². The SMILES string of the molecule is O=c1[nH]c(O)c(C2=NN(c3ccccc3)C(c3coc4ccccc4c3=O)C2)c(=O)[nH]1. The average molecular weight is 416 g/mol. The second kappa shape index (κ2) is 7.13. The van der Waals surface area contributed by atoms with Crippen LogP contribution in [-0.4, -0.2) is 20.8 Å². The van der Waals surface area contributed by atoms with Gasteiger partial charge in [-0.2, -0.15) is 5.10 Å². The molecule has 0 spiro atoms. The van der Waals surface area contributed by atoms with Crippen molar-refractivity contribution in [2.45, 2.75) is 12.5 Å². The molecule has 9 nitrogen and oxygen atoms in total. The number of nitrogens with zero attached hydrogens (tertiary/aromatic N) is 2. The third kappa shape index (κ3) is 3.12. The molecule has 4 aromatic rings. The number of fused-ring (bicyclic) bond motifs is 1. The van der Waals surface area contributed by atoms with E-state index in [4.69, 9.17) is 4.42 Å². The first kappa shape index (κ1) is 18.6. The number of benzene rings is 2. The first-order valence-corrected chi connectivity index (χ1v) is 9.51. The van der Waals surface area contributed by atoms with Crippen LogP contribution >= 0.6 is 0 Å². The minimum absolute atomic E-state index is 0.140. The predicted octanol–water partition coefficient (Wildman–Crippen LogP) is 2.23. The molecule has 31 heavy (non-hydrogen) atoms. The van der Waals surface area contributed by atoms with Crippen molar-refractivity contribution in [2.75, 3.05) is 5.01 Å². The standard InChI is InChI=1S/C22H16N4O5/c27-19-13-8-4-5-9-17(13)31-11-14(19)16-10-15(18-20(28)23-22(30)24-21(18)29)25-26(16)12-6-2-1-3-7-12/h1-9,11,16H,10H2,(H3,23,24,28,29,30). The summed E-state index contributed by atoms with van der Waals surface area (Å²) in [5.41, 5.74) is -0.183. The molecule has 3 heterocycles. The van der Waals surface area contributed by atoms with E-state index in [0.717, 1.165) is 0 Å². The fourth-order valence-corrected chi connectivity index (χ4v) is 3.79. The third-order valence-electron chi connectivity index (χ3n) is 5.21. The van der Waals surface area contributed by atoms with E-state index in [-0.39, 0.29) is 23.1 Å². The van der Waals surface area contributed by atoms with Gasteiger partial charge < -0.3 is 9.52 Å². The molecule has 3 N–H and O–H groups in total. The fraction of sp³-hybridized carbons (Fsp3) is 0.0909. The minimum atomic E-state index is -0.823. The van der Waals surface area contributed by atoms with E-state index in [2.05, 4.69) is 15.1 Å². The van der Waals surface area contributed by atoms with Crippen LogP contribution in [0.1, 0.15) is 23.6 Å². The van der Waals surface area contributed by atoms with E-state index < -0.39 is 23.2 Å². The molecule has 1 unspecified atom stereocenters. The summed E-state index contributed by atoms with van der Waals surface area (Å²) in [4.78, 5) is 41.3. The quantitative estimate of drug-likeness (QED) is 0.469. The van der Waals surface area contributed by atoms with Gasteiger partial charge in [0.1, 0.15) is 17.4 Å². The van der Waals surface area contributed by atoms with E-state index >= 15 is 0 Å². The van der Waals surface area contributed by atoms with Crippen LogP contribution in [0.15, 0.2) is 84.8 Å². The molecule has 2 aromatic carbocycles. The highest BCUT2D eigenvalue weighted by atomic mass is 16.3. The van der Waals surface area contributed by atoms with Gasteiger partial charge in [-0.3, -0.25) is 24.6 Å². The van der Waals surface area contributed by atoms with Crippen LogP contribution in [0.25, 0.3) is 11.0 Å². The summed E-state index contributed by atoms with van der Waals surface area (Å²) >= 11 is 0. The molecular formula is C22H16N4O5. The van der Waals surface area contributed by atoms with E-state index in [1.165, 1.54) is 6.26 Å². The van der Waals surface area contributed by atoms with Crippen molar-refractivity contribution >= 4 is 22.4 Å². The normalized spacial score (nSPS) is 15.9. The zero-order valence-electron chi connectivity index (χ0n) is 16.0. The number of aromatic nitrogens is 2. The van der Waals surface area contributed by atoms with Gasteiger partial charge in [-0.05, 0) is 24.3 Å². The van der Waals surface area contributed by atoms with Gasteiger partial charge >= 0.3 is 5.69 Å². The highest BCUT2D eigenvalue weighted by molar-refractivity contribution is 6.04. The van der Waals surface area contributed by atoms with Crippen molar-refractivity contribution < 1.29 is 9.52 Å². The smallest absolute Gasteiger partial charge is 0.328 e. The van der Waals surface area contributed by atoms with Crippen molar-refractivity contribution in [3.63, 3.8) is 0 Å². The molecule has 0 aliphatic carbocycles. The highest BCUT2D eigenvalue weighted by Crippen LogP contribution is 2.36. The number of H-pyrrole nitrogens is 2. The summed E-state index contributed by atoms with van der Waals surface area (Å²) in [5, 5.41) is 16.8. The molecule has 2 aromatic heterocycles. The summed E-state index contributed by atoms with van der Waals surface area (Å²) < 4.78 is 5.68. The Bertz CT molecular complexity index is 1500. The van der Waals surface area contributed by atoms with Crippen LogP contribution in [0.5, 0.6) is 5.88 Å². The van der Waals surface area contributed by atoms with Gasteiger partial charge in [0.25, 0.3) is 5.56 Å². The van der Waals surface area contributed by atoms with Crippen molar-refractivity contribution in [3.05, 3.63) is 103 Å². The van der Waals surface area contributed by atoms with Gasteiger partial charge in [-0.15, -0.1) is 0 Å². The van der Waals surface area contributed by atoms with Crippen molar-refractivity contribution in [1.82, 2.24) is 9.97 Å². The largest absolute Gasteiger partial charge is 0.494 e. The van der Waals surface area contributed by atoms with Crippen molar-refractivity contribution in [2.24, 2.45) is 5.10 Å². The summed E-state index contributed by atoms with van der Waals surface area (Å²) in [6, 6.07) is 15.5. The van der Waals surface area contributed by atoms with E-state index in [1.807, 2.05) is 30.3 Å². The number of hydrogen-bond donors (Lipinski definition) is 3. The number of hydrogen-bond acceptors (Lipinski definition) is 7. The topological polar surface area (TPSA) is 132 Å². The van der Waals surface area contributed by atoms with Crippen LogP contribution in [0, 0.1) is 0 Å². The number of hydrazone groups is 1. The van der Waals surface area contributed by atoms with Crippen LogP contribution in [0.2, 0.25) is 0 Å². The Labute approximate surface area is 173 Å². The monoisotopic (exact) mass is 416 g/mol. The third-order valence-corrected chi connectivity index (χ3v) is 5.21. The number of aromatic amines is 2. The van der Waals surface area contributed by atoms with Crippen molar-refractivity contribution in [3.8, 4) is 5.88 Å². The molecular weight excluding hydrogens is 400 g/mol. The molecule has 0 radical (unpaired) electrons. The molecule has 1 aliphatic heterocycles. The number of aromatic hydroxyl groups is 1. The molecule has 0 amide bonds. The summed E-state index contributed by atoms with van der Waals surface area (Å²) in [6.45, 7) is 0. The Kier molecular flexibility index (Phi) is 4.28. The van der Waals surface area contributed by atoms with Gasteiger partial charge in [-0.25, -0.2) is 4.79 Å². The highest BCUT2D eigenvalue weighted by Gasteiger charge is 2.34. The van der Waals surface area contributed by atoms with Gasteiger partial charge in [0.15, 0.2) is 5.43 Å². The van der Waals surface area contributed by atoms with Crippen molar-refractivity contribution in [1.29, 1.82) is 0 Å². The Morgan fingerprint density at radius 2 is 1.74 bits per heavy atom. The first-order valence-electron chi connectivity index (χ1n) is 9.51. The molecule has 1 atom stereocenters. The summed E-state index contributed by atoms with van der Waals surface area (Å²) in [7, 11) is 0. The zero-order chi connectivity index (χ0) is 21.5. The lowest BCUT2D eigenvalue weighted by Gasteiger charge is -2.23. The van der Waals surface area contributed by atoms with Gasteiger partial charge in [0.05, 0.1) is 28.4 Å². The number of para-hydroxylation sites is 2. The lowest BCUT2D eigenvalue weighted by atomic mass is 9.99. The summed E-state index contributed by atoms with van der Waals surface area (Å²) in [5.74, 6) is -0.577. The average Bonchev–Trinajstić information content (AvgIpc) is 3.18. The maximum atomic E-state index is 13.2. The molecule has 5 rings (SSSR count). The predicted molar refractivity (Wildman–Crippen MR) is 115 cm³/mol. The maximum Gasteiger partial charge on any atom is 0.328 e. The fourth-order valence-electron chi connectivity index (χ4n) is 3.79. The summed E-state index contributed by atoms with van der Waals surface area (Å²) in [6.07, 6.45) is 1.54. The Balaban J connectivity index is 1.68. The van der Waals surface area contributed by atoms with Crippen LogP contribution in [-0.2, 0) is 0 Å². The lowest BCUT2D eigenvalue weighted by Crippen LogP contribution is -2.27. The Morgan fingerprint density at radius 3 is 2.52 bits per heavy atom. The van der Waals surface area contributed by atoms with Crippen LogP contribution in [0.3, 0.4) is 0 Å². The first-order chi connectivity index (χ1) is 15.0. The lowest BCUT2D eigenvalue weighted by molar-refractivity contribution is 0.447. The molecule has 0 bridgehead atoms. The molecule has 9 heteroatoms. The molecule has 0 saturated heterocycles. The van der Waals surface area contributed by atoms with Crippen LogP contribution in [0.4, 0.5) is 5.69 Å².